The van der Waals surface area contributed by atoms with E-state index in [2.05, 4.69) is 9.97 Å². The molecular weight excluding hydrogens is 319 g/mol. The Morgan fingerprint density at radius 3 is 2.65 bits per heavy atom. The van der Waals surface area contributed by atoms with E-state index in [1.54, 1.807) is 10.9 Å². The third-order valence-corrected chi connectivity index (χ3v) is 3.64. The predicted octanol–water partition coefficient (Wildman–Crippen LogP) is 1.13. The summed E-state index contributed by atoms with van der Waals surface area (Å²) in [5.74, 6) is -0.513. The van der Waals surface area contributed by atoms with E-state index in [1.807, 2.05) is 37.3 Å². The van der Waals surface area contributed by atoms with E-state index in [4.69, 9.17) is 0 Å². The summed E-state index contributed by atoms with van der Waals surface area (Å²) < 4.78 is 3.24. The maximum absolute atomic E-state index is 12.1. The molecule has 0 saturated carbocycles. The van der Waals surface area contributed by atoms with Crippen LogP contribution in [0.1, 0.15) is 25.3 Å². The molecule has 0 spiro atoms. The summed E-state index contributed by atoms with van der Waals surface area (Å²) in [6, 6.07) is 9.80. The molecule has 0 amide bonds. The Bertz CT molecular complexity index is 842. The van der Waals surface area contributed by atoms with Crippen LogP contribution >= 0.6 is 0 Å². The summed E-state index contributed by atoms with van der Waals surface area (Å²) in [4.78, 5) is 19.8. The van der Waals surface area contributed by atoms with Crippen molar-refractivity contribution in [3.8, 4) is 5.88 Å². The van der Waals surface area contributed by atoms with E-state index in [9.17, 15) is 9.90 Å². The van der Waals surface area contributed by atoms with Crippen LogP contribution in [0.3, 0.4) is 0 Å². The van der Waals surface area contributed by atoms with Crippen LogP contribution in [0.15, 0.2) is 41.5 Å². The van der Waals surface area contributed by atoms with Crippen LogP contribution in [-0.2, 0) is 13.1 Å². The largest absolute Gasteiger partial charge is 0.857 e. The molecule has 115 valence electrons. The summed E-state index contributed by atoms with van der Waals surface area (Å²) in [6.45, 7) is 3.10. The zero-order chi connectivity index (χ0) is 15.5. The van der Waals surface area contributed by atoms with Gasteiger partial charge in [-0.15, -0.1) is 0 Å². The molecule has 3 aromatic rings. The molecule has 23 heavy (non-hydrogen) atoms. The van der Waals surface area contributed by atoms with Gasteiger partial charge in [-0.1, -0.05) is 43.7 Å². The number of hydrogen-bond acceptors (Lipinski definition) is 4. The van der Waals surface area contributed by atoms with Crippen molar-refractivity contribution >= 4 is 62.5 Å². The van der Waals surface area contributed by atoms with E-state index in [-0.39, 0.29) is 51.4 Å². The summed E-state index contributed by atoms with van der Waals surface area (Å²) >= 11 is 0. The average Bonchev–Trinajstić information content (AvgIpc) is 2.92. The third kappa shape index (κ3) is 3.92. The number of hydrogen-bond donors (Lipinski definition) is 0. The van der Waals surface area contributed by atoms with Gasteiger partial charge in [-0.05, 0) is 12.0 Å². The molecule has 6 nitrogen and oxygen atoms in total. The van der Waals surface area contributed by atoms with E-state index < -0.39 is 11.6 Å². The van der Waals surface area contributed by atoms with Gasteiger partial charge in [0.05, 0.1) is 11.8 Å². The standard InChI is InChI=1S/C16H18N4O2.K/c1-2-3-9-20-14-13(15(21)18-16(20)22)19(11-17-14)10-12-7-5-4-6-8-12;/h4-8,11H,2-3,9-10H2,1H3,(H,18,21,22);/p-1. The molecular formula is C16H17KN4O2-. The van der Waals surface area contributed by atoms with E-state index in [1.165, 1.54) is 4.57 Å². The summed E-state index contributed by atoms with van der Waals surface area (Å²) in [5.41, 5.74) is 1.36. The van der Waals surface area contributed by atoms with Gasteiger partial charge in [0.2, 0.25) is 0 Å². The van der Waals surface area contributed by atoms with Crippen LogP contribution in [0, 0.1) is 0 Å². The number of aryl methyl sites for hydroxylation is 1. The minimum Gasteiger partial charge on any atom is -0.857 e. The molecule has 7 heteroatoms. The molecule has 0 saturated heterocycles. The number of benzene rings is 1. The van der Waals surface area contributed by atoms with Crippen LogP contribution < -0.4 is 10.8 Å². The van der Waals surface area contributed by atoms with Gasteiger partial charge < -0.3 is 9.67 Å². The molecule has 1 aromatic carbocycles. The fourth-order valence-electron chi connectivity index (χ4n) is 2.50. The number of unbranched alkanes of at least 4 members (excludes halogenated alkanes) is 1. The smallest absolute Gasteiger partial charge is 0.348 e. The quantitative estimate of drug-likeness (QED) is 0.655. The van der Waals surface area contributed by atoms with Gasteiger partial charge in [-0.3, -0.25) is 4.57 Å². The first-order chi connectivity index (χ1) is 10.7. The van der Waals surface area contributed by atoms with Crippen molar-refractivity contribution in [3.63, 3.8) is 0 Å². The normalized spacial score (nSPS) is 10.7. The molecule has 0 unspecified atom stereocenters. The number of fused-ring (bicyclic) bond motifs is 1. The monoisotopic (exact) mass is 336 g/mol. The van der Waals surface area contributed by atoms with Crippen LogP contribution in [0.25, 0.3) is 11.2 Å². The zero-order valence-corrected chi connectivity index (χ0v) is 16.5. The van der Waals surface area contributed by atoms with Crippen LogP contribution in [0.4, 0.5) is 0 Å². The number of aromatic nitrogens is 4. The van der Waals surface area contributed by atoms with Crippen molar-refractivity contribution in [2.45, 2.75) is 32.9 Å². The van der Waals surface area contributed by atoms with Gasteiger partial charge in [0.25, 0.3) is 0 Å². The summed E-state index contributed by atoms with van der Waals surface area (Å²) in [7, 11) is 0. The molecule has 0 aliphatic heterocycles. The van der Waals surface area contributed by atoms with Crippen LogP contribution in [0.5, 0.6) is 5.88 Å². The van der Waals surface area contributed by atoms with Crippen molar-refractivity contribution in [1.29, 1.82) is 0 Å². The molecule has 0 aliphatic rings. The second-order valence-corrected chi connectivity index (χ2v) is 5.24. The van der Waals surface area contributed by atoms with Crippen molar-refractivity contribution in [2.75, 3.05) is 0 Å². The molecule has 0 atom stereocenters. The topological polar surface area (TPSA) is 75.8 Å². The average molecular weight is 336 g/mol. The van der Waals surface area contributed by atoms with Crippen molar-refractivity contribution in [1.82, 2.24) is 19.1 Å². The predicted molar refractivity (Wildman–Crippen MR) is 87.4 cm³/mol. The Labute approximate surface area is 176 Å². The second-order valence-electron chi connectivity index (χ2n) is 5.24. The molecule has 3 rings (SSSR count). The molecule has 1 radical (unpaired) electrons. The Morgan fingerprint density at radius 2 is 1.96 bits per heavy atom. The van der Waals surface area contributed by atoms with E-state index >= 15 is 0 Å². The number of imidazole rings is 1. The number of rotatable bonds is 5. The van der Waals surface area contributed by atoms with Crippen molar-refractivity contribution < 1.29 is 5.11 Å². The van der Waals surface area contributed by atoms with Gasteiger partial charge in [0.1, 0.15) is 0 Å². The SMILES string of the molecule is CCCCn1c(=O)nc([O-])c2c1ncn2Cc1ccccc1.[K]. The molecule has 0 bridgehead atoms. The van der Waals surface area contributed by atoms with Gasteiger partial charge in [-0.25, -0.2) is 14.8 Å². The molecule has 0 aliphatic carbocycles. The van der Waals surface area contributed by atoms with Crippen LogP contribution in [0.2, 0.25) is 0 Å². The van der Waals surface area contributed by atoms with Gasteiger partial charge in [0, 0.05) is 70.4 Å². The molecule has 2 heterocycles. The number of nitrogens with zero attached hydrogens (tertiary/aromatic N) is 4. The Balaban J connectivity index is 0.00000192. The summed E-state index contributed by atoms with van der Waals surface area (Å²) in [5, 5.41) is 12.1. The molecule has 0 fully saturated rings. The van der Waals surface area contributed by atoms with Gasteiger partial charge in [0.15, 0.2) is 5.65 Å². The van der Waals surface area contributed by atoms with Crippen molar-refractivity contribution in [3.05, 3.63) is 52.7 Å². The Morgan fingerprint density at radius 1 is 1.22 bits per heavy atom. The first kappa shape index (κ1) is 18.3. The summed E-state index contributed by atoms with van der Waals surface area (Å²) in [6.07, 6.45) is 3.40. The molecule has 0 N–H and O–H groups in total. The Kier molecular flexibility index (Phi) is 6.55. The molecule has 2 aromatic heterocycles. The zero-order valence-electron chi connectivity index (χ0n) is 13.4. The maximum Gasteiger partial charge on any atom is 0.348 e. The fourth-order valence-corrected chi connectivity index (χ4v) is 2.50. The third-order valence-electron chi connectivity index (χ3n) is 3.64. The minimum atomic E-state index is -0.518. The Hall–Kier alpha value is -0.994. The van der Waals surface area contributed by atoms with Crippen molar-refractivity contribution in [2.24, 2.45) is 0 Å². The van der Waals surface area contributed by atoms with E-state index in [0.717, 1.165) is 18.4 Å². The maximum atomic E-state index is 12.1. The van der Waals surface area contributed by atoms with Gasteiger partial charge >= 0.3 is 5.69 Å². The first-order valence-corrected chi connectivity index (χ1v) is 7.37. The first-order valence-electron chi connectivity index (χ1n) is 7.37. The second kappa shape index (κ2) is 8.21. The van der Waals surface area contributed by atoms with Crippen LogP contribution in [-0.4, -0.2) is 70.5 Å². The minimum absolute atomic E-state index is 0. The fraction of sp³-hybridized carbons (Fsp3) is 0.312. The van der Waals surface area contributed by atoms with E-state index in [0.29, 0.717) is 24.3 Å². The van der Waals surface area contributed by atoms with Gasteiger partial charge in [-0.2, -0.15) is 0 Å².